The van der Waals surface area contributed by atoms with Gasteiger partial charge in [-0.1, -0.05) is 97.0 Å². The molecule has 0 spiro atoms. The summed E-state index contributed by atoms with van der Waals surface area (Å²) in [6.07, 6.45) is 19.2. The summed E-state index contributed by atoms with van der Waals surface area (Å²) in [6.45, 7) is 17.1. The third-order valence-corrected chi connectivity index (χ3v) is 7.43. The highest BCUT2D eigenvalue weighted by molar-refractivity contribution is 5.86. The number of carbonyl (C=O) groups is 1. The molecular formula is C38H74O11. The van der Waals surface area contributed by atoms with Crippen LogP contribution in [0.4, 0.5) is 0 Å². The van der Waals surface area contributed by atoms with E-state index in [-0.39, 0.29) is 6.61 Å². The van der Waals surface area contributed by atoms with Crippen LogP contribution in [-0.4, -0.2) is 132 Å². The first-order valence-electron chi connectivity index (χ1n) is 19.2. The van der Waals surface area contributed by atoms with Crippen molar-refractivity contribution in [3.8, 4) is 0 Å². The number of hydrogen-bond donors (Lipinski definition) is 0. The average Bonchev–Trinajstić information content (AvgIpc) is 3.10. The molecule has 0 aliphatic heterocycles. The van der Waals surface area contributed by atoms with Gasteiger partial charge in [0.05, 0.1) is 112 Å². The largest absolute Gasteiger partial charge is 0.460 e. The second-order valence-electron chi connectivity index (χ2n) is 12.0. The third kappa shape index (κ3) is 42.9. The van der Waals surface area contributed by atoms with Gasteiger partial charge in [-0.2, -0.15) is 0 Å². The molecule has 0 saturated heterocycles. The molecule has 0 aromatic carbocycles. The summed E-state index contributed by atoms with van der Waals surface area (Å²) in [6, 6.07) is 0. The number of ether oxygens (including phenoxy) is 10. The van der Waals surface area contributed by atoms with E-state index in [1.807, 2.05) is 0 Å². The Balaban J connectivity index is 3.07. The lowest BCUT2D eigenvalue weighted by atomic mass is 10.0. The zero-order valence-electron chi connectivity index (χ0n) is 31.5. The molecule has 0 bridgehead atoms. The van der Waals surface area contributed by atoms with Crippen LogP contribution in [0.15, 0.2) is 12.2 Å². The maximum absolute atomic E-state index is 11.2. The highest BCUT2D eigenvalue weighted by Gasteiger charge is 2.02. The first-order valence-corrected chi connectivity index (χ1v) is 19.2. The average molecular weight is 707 g/mol. The molecule has 11 nitrogen and oxygen atoms in total. The van der Waals surface area contributed by atoms with Crippen molar-refractivity contribution in [3.05, 3.63) is 12.2 Å². The molecule has 292 valence electrons. The van der Waals surface area contributed by atoms with Gasteiger partial charge in [0.15, 0.2) is 0 Å². The second kappa shape index (κ2) is 43.0. The van der Waals surface area contributed by atoms with Gasteiger partial charge >= 0.3 is 5.97 Å². The van der Waals surface area contributed by atoms with Gasteiger partial charge in [-0.05, 0) is 13.3 Å². The molecule has 0 unspecified atom stereocenters. The lowest BCUT2D eigenvalue weighted by Crippen LogP contribution is -2.15. The fourth-order valence-electron chi connectivity index (χ4n) is 4.58. The molecule has 0 aromatic rings. The molecule has 0 aliphatic carbocycles. The van der Waals surface area contributed by atoms with Crippen molar-refractivity contribution in [2.24, 2.45) is 0 Å². The van der Waals surface area contributed by atoms with Gasteiger partial charge in [-0.3, -0.25) is 0 Å². The lowest BCUT2D eigenvalue weighted by molar-refractivity contribution is -0.140. The van der Waals surface area contributed by atoms with E-state index in [4.69, 9.17) is 47.4 Å². The maximum atomic E-state index is 11.2. The Hall–Kier alpha value is -1.15. The van der Waals surface area contributed by atoms with Crippen LogP contribution in [0.3, 0.4) is 0 Å². The molecule has 0 rings (SSSR count). The van der Waals surface area contributed by atoms with Gasteiger partial charge in [0.25, 0.3) is 0 Å². The highest BCUT2D eigenvalue weighted by Crippen LogP contribution is 2.13. The van der Waals surface area contributed by atoms with E-state index in [0.29, 0.717) is 118 Å². The SMILES string of the molecule is C=C(C)C(=O)OCCOCCOCCOCCOCCOCCOCCOCCOCCOCCCCCCCCCCCCCCCC. The van der Waals surface area contributed by atoms with E-state index in [1.165, 1.54) is 83.5 Å². The van der Waals surface area contributed by atoms with Gasteiger partial charge in [0.2, 0.25) is 0 Å². The summed E-state index contributed by atoms with van der Waals surface area (Å²) in [5, 5.41) is 0. The molecule has 0 aromatic heterocycles. The Morgan fingerprint density at radius 3 is 0.837 bits per heavy atom. The summed E-state index contributed by atoms with van der Waals surface area (Å²) in [5.41, 5.74) is 0.375. The van der Waals surface area contributed by atoms with Crippen molar-refractivity contribution >= 4 is 5.97 Å². The zero-order valence-corrected chi connectivity index (χ0v) is 31.5. The summed E-state index contributed by atoms with van der Waals surface area (Å²) >= 11 is 0. The second-order valence-corrected chi connectivity index (χ2v) is 12.0. The Bertz CT molecular complexity index is 666. The van der Waals surface area contributed by atoms with Crippen molar-refractivity contribution in [2.45, 2.75) is 104 Å². The quantitative estimate of drug-likeness (QED) is 0.0382. The van der Waals surface area contributed by atoms with Crippen LogP contribution in [0.1, 0.15) is 104 Å². The number of unbranched alkanes of at least 4 members (excludes halogenated alkanes) is 13. The molecule has 0 aliphatic rings. The summed E-state index contributed by atoms with van der Waals surface area (Å²) in [5.74, 6) is -0.407. The van der Waals surface area contributed by atoms with Gasteiger partial charge in [0.1, 0.15) is 6.61 Å². The Kier molecular flexibility index (Phi) is 42.0. The van der Waals surface area contributed by atoms with Crippen molar-refractivity contribution < 1.29 is 52.2 Å². The molecule has 0 atom stereocenters. The van der Waals surface area contributed by atoms with Crippen LogP contribution in [0, 0.1) is 0 Å². The Morgan fingerprint density at radius 2 is 0.571 bits per heavy atom. The van der Waals surface area contributed by atoms with Crippen molar-refractivity contribution in [1.29, 1.82) is 0 Å². The molecule has 0 fully saturated rings. The molecule has 0 heterocycles. The fraction of sp³-hybridized carbons (Fsp3) is 0.921. The third-order valence-electron chi connectivity index (χ3n) is 7.43. The number of carbonyl (C=O) groups excluding carboxylic acids is 1. The van der Waals surface area contributed by atoms with Gasteiger partial charge in [0, 0.05) is 12.2 Å². The minimum atomic E-state index is -0.407. The maximum Gasteiger partial charge on any atom is 0.333 e. The van der Waals surface area contributed by atoms with Crippen molar-refractivity contribution in [3.63, 3.8) is 0 Å². The standard InChI is InChI=1S/C38H74O11/c1-4-5-6-7-8-9-10-11-12-13-14-15-16-17-18-40-19-20-41-21-22-42-23-24-43-25-26-44-27-28-45-29-30-46-31-32-47-33-34-48-35-36-49-38(39)37(2)3/h2,4-36H2,1,3H3. The minimum absolute atomic E-state index is 0.205. The van der Waals surface area contributed by atoms with E-state index in [9.17, 15) is 4.79 Å². The van der Waals surface area contributed by atoms with Crippen LogP contribution in [-0.2, 0) is 52.2 Å². The van der Waals surface area contributed by atoms with Gasteiger partial charge < -0.3 is 47.4 Å². The minimum Gasteiger partial charge on any atom is -0.460 e. The smallest absolute Gasteiger partial charge is 0.333 e. The molecular weight excluding hydrogens is 632 g/mol. The molecule has 0 N–H and O–H groups in total. The zero-order chi connectivity index (χ0) is 35.6. The normalized spacial score (nSPS) is 11.4. The summed E-state index contributed by atoms with van der Waals surface area (Å²) in [4.78, 5) is 11.2. The van der Waals surface area contributed by atoms with E-state index in [0.717, 1.165) is 13.0 Å². The van der Waals surface area contributed by atoms with E-state index in [1.54, 1.807) is 6.92 Å². The van der Waals surface area contributed by atoms with Crippen LogP contribution in [0.25, 0.3) is 0 Å². The predicted octanol–water partition coefficient (Wildman–Crippen LogP) is 6.74. The van der Waals surface area contributed by atoms with Gasteiger partial charge in [-0.25, -0.2) is 4.79 Å². The first-order chi connectivity index (χ1) is 24.2. The summed E-state index contributed by atoms with van der Waals surface area (Å²) < 4.78 is 54.3. The monoisotopic (exact) mass is 707 g/mol. The van der Waals surface area contributed by atoms with Crippen molar-refractivity contribution in [2.75, 3.05) is 126 Å². The van der Waals surface area contributed by atoms with Gasteiger partial charge in [-0.15, -0.1) is 0 Å². The van der Waals surface area contributed by atoms with E-state index >= 15 is 0 Å². The number of rotatable bonds is 43. The lowest BCUT2D eigenvalue weighted by Gasteiger charge is -2.09. The molecule has 0 saturated carbocycles. The highest BCUT2D eigenvalue weighted by atomic mass is 16.6. The van der Waals surface area contributed by atoms with E-state index < -0.39 is 5.97 Å². The molecule has 0 radical (unpaired) electrons. The van der Waals surface area contributed by atoms with E-state index in [2.05, 4.69) is 13.5 Å². The molecule has 49 heavy (non-hydrogen) atoms. The summed E-state index contributed by atoms with van der Waals surface area (Å²) in [7, 11) is 0. The van der Waals surface area contributed by atoms with Crippen molar-refractivity contribution in [1.82, 2.24) is 0 Å². The van der Waals surface area contributed by atoms with Crippen LogP contribution >= 0.6 is 0 Å². The Morgan fingerprint density at radius 1 is 0.347 bits per heavy atom. The number of hydrogen-bond acceptors (Lipinski definition) is 11. The van der Waals surface area contributed by atoms with Crippen LogP contribution in [0.5, 0.6) is 0 Å². The fourth-order valence-corrected chi connectivity index (χ4v) is 4.58. The topological polar surface area (TPSA) is 109 Å². The van der Waals surface area contributed by atoms with Crippen LogP contribution in [0.2, 0.25) is 0 Å². The number of esters is 1. The molecule has 11 heteroatoms. The van der Waals surface area contributed by atoms with Crippen LogP contribution < -0.4 is 0 Å². The predicted molar refractivity (Wildman–Crippen MR) is 193 cm³/mol. The Labute approximate surface area is 299 Å². The first kappa shape index (κ1) is 47.8. The molecule has 0 amide bonds.